The van der Waals surface area contributed by atoms with Gasteiger partial charge in [-0.3, -0.25) is 14.7 Å². The van der Waals surface area contributed by atoms with Crippen LogP contribution >= 0.6 is 30.8 Å². The minimum absolute atomic E-state index is 0.0213. The summed E-state index contributed by atoms with van der Waals surface area (Å²) in [5, 5.41) is 15.1. The van der Waals surface area contributed by atoms with Crippen molar-refractivity contribution in [2.75, 3.05) is 18.5 Å². The lowest BCUT2D eigenvalue weighted by molar-refractivity contribution is 0.166. The first-order valence-electron chi connectivity index (χ1n) is 6.67. The molecule has 24 heavy (non-hydrogen) atoms. The second-order valence-corrected chi connectivity index (χ2v) is 6.74. The van der Waals surface area contributed by atoms with E-state index in [9.17, 15) is 9.36 Å². The van der Waals surface area contributed by atoms with Gasteiger partial charge in [-0.15, -0.1) is 0 Å². The summed E-state index contributed by atoms with van der Waals surface area (Å²) < 4.78 is 22.2. The van der Waals surface area contributed by atoms with E-state index in [2.05, 4.69) is 15.3 Å². The van der Waals surface area contributed by atoms with Crippen LogP contribution in [-0.4, -0.2) is 24.8 Å². The zero-order chi connectivity index (χ0) is 18.2. The minimum atomic E-state index is -3.94. The number of nitrogens with one attached hydrogen (secondary N) is 1. The highest BCUT2D eigenvalue weighted by molar-refractivity contribution is 7.73. The van der Waals surface area contributed by atoms with Crippen LogP contribution in [-0.2, 0) is 18.5 Å². The Morgan fingerprint density at radius 2 is 1.92 bits per heavy atom. The molecule has 8 nitrogen and oxygen atoms in total. The molecule has 1 rings (SSSR count). The van der Waals surface area contributed by atoms with Crippen molar-refractivity contribution in [2.45, 2.75) is 13.8 Å². The third-order valence-corrected chi connectivity index (χ3v) is 4.97. The molecule has 0 aliphatic rings. The minimum Gasteiger partial charge on any atom is -0.304 e. The molecular formula is C13H14Cl2N3O5P. The number of rotatable bonds is 7. The predicted molar refractivity (Wildman–Crippen MR) is 90.5 cm³/mol. The molecule has 0 fully saturated rings. The fourth-order valence-electron chi connectivity index (χ4n) is 1.43. The van der Waals surface area contributed by atoms with Gasteiger partial charge in [0.1, 0.15) is 6.07 Å². The summed E-state index contributed by atoms with van der Waals surface area (Å²) in [5.74, 6) is 0. The number of halogens is 2. The van der Waals surface area contributed by atoms with Crippen LogP contribution in [0, 0.1) is 11.3 Å². The van der Waals surface area contributed by atoms with Crippen LogP contribution in [0.15, 0.2) is 23.4 Å². The van der Waals surface area contributed by atoms with E-state index in [1.807, 2.05) is 0 Å². The van der Waals surface area contributed by atoms with Gasteiger partial charge in [0.25, 0.3) is 5.45 Å². The molecule has 0 saturated carbocycles. The second-order valence-electron chi connectivity index (χ2n) is 3.99. The molecule has 1 aromatic carbocycles. The number of nitrogens with zero attached hydrogens (tertiary/aromatic N) is 2. The maximum atomic E-state index is 12.4. The van der Waals surface area contributed by atoms with E-state index in [1.165, 1.54) is 18.2 Å². The molecular weight excluding hydrogens is 380 g/mol. The van der Waals surface area contributed by atoms with Gasteiger partial charge in [-0.1, -0.05) is 28.4 Å². The number of benzene rings is 1. The van der Waals surface area contributed by atoms with Gasteiger partial charge >= 0.3 is 13.7 Å². The van der Waals surface area contributed by atoms with Gasteiger partial charge in [0.15, 0.2) is 0 Å². The van der Waals surface area contributed by atoms with E-state index in [0.29, 0.717) is 10.7 Å². The van der Waals surface area contributed by atoms with Crippen LogP contribution in [0.5, 0.6) is 0 Å². The Kier molecular flexibility index (Phi) is 8.19. The summed E-state index contributed by atoms with van der Waals surface area (Å²) in [4.78, 5) is 16.2. The quantitative estimate of drug-likeness (QED) is 0.312. The lowest BCUT2D eigenvalue weighted by Gasteiger charge is -2.14. The summed E-state index contributed by atoms with van der Waals surface area (Å²) in [6.45, 7) is 3.18. The van der Waals surface area contributed by atoms with Crippen molar-refractivity contribution in [3.8, 4) is 6.07 Å². The second kappa shape index (κ2) is 9.62. The predicted octanol–water partition coefficient (Wildman–Crippen LogP) is 4.65. The van der Waals surface area contributed by atoms with E-state index in [0.717, 1.165) is 0 Å². The largest absolute Gasteiger partial charge is 0.437 e. The van der Waals surface area contributed by atoms with Crippen LogP contribution < -0.4 is 5.32 Å². The van der Waals surface area contributed by atoms with Crippen LogP contribution in [0.25, 0.3) is 0 Å². The topological polar surface area (TPSA) is 110 Å². The van der Waals surface area contributed by atoms with Crippen molar-refractivity contribution < 1.29 is 23.2 Å². The first-order chi connectivity index (χ1) is 11.4. The molecule has 0 atom stereocenters. The highest BCUT2D eigenvalue weighted by atomic mass is 35.5. The SMILES string of the molecule is CCOP(=O)(OCC)C(C#N)=NOC(=O)Nc1ccc(Cl)c(Cl)c1. The van der Waals surface area contributed by atoms with E-state index in [4.69, 9.17) is 37.5 Å². The van der Waals surface area contributed by atoms with Crippen LogP contribution in [0.4, 0.5) is 10.5 Å². The molecule has 11 heteroatoms. The summed E-state index contributed by atoms with van der Waals surface area (Å²) in [7, 11) is -3.94. The van der Waals surface area contributed by atoms with Crippen LogP contribution in [0.2, 0.25) is 10.0 Å². The van der Waals surface area contributed by atoms with Gasteiger partial charge in [-0.05, 0) is 32.0 Å². The van der Waals surface area contributed by atoms with Gasteiger partial charge in [-0.25, -0.2) is 4.79 Å². The lowest BCUT2D eigenvalue weighted by atomic mass is 10.3. The zero-order valence-electron chi connectivity index (χ0n) is 12.8. The molecule has 1 N–H and O–H groups in total. The Hall–Kier alpha value is -1.62. The fraction of sp³-hybridized carbons (Fsp3) is 0.308. The van der Waals surface area contributed by atoms with Gasteiger partial charge < -0.3 is 9.05 Å². The highest BCUT2D eigenvalue weighted by Gasteiger charge is 2.33. The zero-order valence-corrected chi connectivity index (χ0v) is 15.2. The Balaban J connectivity index is 2.83. The number of nitriles is 1. The van der Waals surface area contributed by atoms with Crippen molar-refractivity contribution in [3.05, 3.63) is 28.2 Å². The molecule has 0 aliphatic heterocycles. The molecule has 130 valence electrons. The maximum absolute atomic E-state index is 12.4. The van der Waals surface area contributed by atoms with E-state index in [-0.39, 0.29) is 18.2 Å². The average molecular weight is 394 g/mol. The summed E-state index contributed by atoms with van der Waals surface area (Å²) in [5.41, 5.74) is -0.378. The average Bonchev–Trinajstić information content (AvgIpc) is 2.52. The number of hydrogen-bond donors (Lipinski definition) is 1. The maximum Gasteiger partial charge on any atom is 0.437 e. The van der Waals surface area contributed by atoms with Gasteiger partial charge in [0.05, 0.1) is 23.3 Å². The van der Waals surface area contributed by atoms with Gasteiger partial charge in [0.2, 0.25) is 0 Å². The molecule has 0 heterocycles. The highest BCUT2D eigenvalue weighted by Crippen LogP contribution is 2.49. The molecule has 0 unspecified atom stereocenters. The summed E-state index contributed by atoms with van der Waals surface area (Å²) >= 11 is 11.6. The monoisotopic (exact) mass is 393 g/mol. The lowest BCUT2D eigenvalue weighted by Crippen LogP contribution is -2.13. The molecule has 1 amide bonds. The molecule has 0 saturated heterocycles. The third kappa shape index (κ3) is 5.78. The number of oxime groups is 1. The van der Waals surface area contributed by atoms with Crippen molar-refractivity contribution in [1.82, 2.24) is 0 Å². The number of carbonyl (C=O) groups is 1. The van der Waals surface area contributed by atoms with E-state index < -0.39 is 19.1 Å². The van der Waals surface area contributed by atoms with Crippen LogP contribution in [0.1, 0.15) is 13.8 Å². The van der Waals surface area contributed by atoms with Crippen molar-refractivity contribution in [1.29, 1.82) is 5.26 Å². The molecule has 0 spiro atoms. The molecule has 0 aliphatic carbocycles. The van der Waals surface area contributed by atoms with E-state index >= 15 is 0 Å². The van der Waals surface area contributed by atoms with Gasteiger partial charge in [0, 0.05) is 5.69 Å². The first kappa shape index (κ1) is 20.4. The third-order valence-electron chi connectivity index (χ3n) is 2.34. The Morgan fingerprint density at radius 1 is 1.29 bits per heavy atom. The standard InChI is InChI=1S/C13H14Cl2N3O5P/c1-3-21-24(20,22-4-2)12(8-16)18-23-13(19)17-9-5-6-10(14)11(15)7-9/h5-7H,3-4H2,1-2H3,(H,17,19). The van der Waals surface area contributed by atoms with E-state index in [1.54, 1.807) is 19.9 Å². The van der Waals surface area contributed by atoms with Crippen molar-refractivity contribution >= 4 is 48.0 Å². The molecule has 0 radical (unpaired) electrons. The summed E-state index contributed by atoms with van der Waals surface area (Å²) in [6, 6.07) is 5.89. The number of carbonyl (C=O) groups excluding carboxylic acids is 1. The van der Waals surface area contributed by atoms with Gasteiger partial charge in [-0.2, -0.15) is 5.26 Å². The van der Waals surface area contributed by atoms with Crippen LogP contribution in [0.3, 0.4) is 0 Å². The normalized spacial score (nSPS) is 11.7. The fourth-order valence-corrected chi connectivity index (χ4v) is 2.99. The van der Waals surface area contributed by atoms with Crippen molar-refractivity contribution in [3.63, 3.8) is 0 Å². The first-order valence-corrected chi connectivity index (χ1v) is 8.97. The van der Waals surface area contributed by atoms with Crippen molar-refractivity contribution in [2.24, 2.45) is 5.16 Å². The summed E-state index contributed by atoms with van der Waals surface area (Å²) in [6.07, 6.45) is -1.03. The molecule has 1 aromatic rings. The number of anilines is 1. The molecule has 0 aromatic heterocycles. The number of hydrogen-bond acceptors (Lipinski definition) is 7. The Labute approximate surface area is 148 Å². The number of amides is 1. The Bertz CT molecular complexity index is 710. The smallest absolute Gasteiger partial charge is 0.304 e. The molecule has 0 bridgehead atoms. The Morgan fingerprint density at radius 3 is 2.42 bits per heavy atom.